The van der Waals surface area contributed by atoms with Crippen LogP contribution in [0.25, 0.3) is 10.9 Å². The van der Waals surface area contributed by atoms with Crippen LogP contribution < -0.4 is 16.0 Å². The number of ether oxygens (including phenoxy) is 2. The Labute approximate surface area is 284 Å². The quantitative estimate of drug-likeness (QED) is 0.125. The third-order valence-corrected chi connectivity index (χ3v) is 9.66. The number of fused-ring (bicyclic) bond motifs is 3. The second kappa shape index (κ2) is 15.3. The molecule has 2 aromatic carbocycles. The summed E-state index contributed by atoms with van der Waals surface area (Å²) in [7, 11) is 0. The maximum Gasteiger partial charge on any atom is 0.408 e. The summed E-state index contributed by atoms with van der Waals surface area (Å²) < 4.78 is 11.4. The molecule has 2 aliphatic rings. The largest absolute Gasteiger partial charge is 0.457 e. The van der Waals surface area contributed by atoms with E-state index >= 15 is 0 Å². The standard InChI is InChI=1S/C39H52N4O5/c1-26(21-35(44)48-38(2,3)4)41-24-30-13-7-6-12-28(30)19-20-40-36(45)39(5,23-31-25-42-33-16-9-8-15-32(31)33)43-37(46)47-34-18-17-27-11-10-14-29(34)22-27/h6-9,12-13,15-16,21,25,27,29,34,41-42H,10-11,14,17-20,22-24H2,1-5H3,(H,40,45)(H,43,46). The molecule has 48 heavy (non-hydrogen) atoms. The lowest BCUT2D eigenvalue weighted by molar-refractivity contribution is -0.148. The highest BCUT2D eigenvalue weighted by atomic mass is 16.6. The van der Waals surface area contributed by atoms with Crippen LogP contribution in [0.4, 0.5) is 4.79 Å². The fourth-order valence-corrected chi connectivity index (χ4v) is 7.23. The first-order chi connectivity index (χ1) is 22.9. The Morgan fingerprint density at radius 1 is 0.917 bits per heavy atom. The molecule has 4 N–H and O–H groups in total. The van der Waals surface area contributed by atoms with E-state index in [1.807, 2.05) is 82.4 Å². The summed E-state index contributed by atoms with van der Waals surface area (Å²) >= 11 is 0. The van der Waals surface area contributed by atoms with Gasteiger partial charge in [-0.25, -0.2) is 9.59 Å². The van der Waals surface area contributed by atoms with Crippen molar-refractivity contribution in [2.75, 3.05) is 6.54 Å². The summed E-state index contributed by atoms with van der Waals surface area (Å²) in [6.07, 6.45) is 10.3. The van der Waals surface area contributed by atoms with E-state index < -0.39 is 23.2 Å². The number of amides is 2. The molecule has 5 rings (SSSR count). The Hall–Kier alpha value is -4.27. The number of hydrogen-bond acceptors (Lipinski definition) is 6. The van der Waals surface area contributed by atoms with Gasteiger partial charge in [0, 0.05) is 48.4 Å². The van der Waals surface area contributed by atoms with Crippen LogP contribution in [0.15, 0.2) is 66.5 Å². The molecule has 258 valence electrons. The lowest BCUT2D eigenvalue weighted by Gasteiger charge is -2.40. The molecule has 0 saturated heterocycles. The number of rotatable bonds is 12. The van der Waals surface area contributed by atoms with E-state index in [0.717, 1.165) is 59.2 Å². The Kier molecular flexibility index (Phi) is 11.2. The van der Waals surface area contributed by atoms with Crippen LogP contribution in [0.5, 0.6) is 0 Å². The summed E-state index contributed by atoms with van der Waals surface area (Å²) in [5.74, 6) is 0.502. The van der Waals surface area contributed by atoms with Crippen molar-refractivity contribution in [2.45, 2.75) is 110 Å². The minimum absolute atomic E-state index is 0.102. The highest BCUT2D eigenvalue weighted by Gasteiger charge is 2.39. The van der Waals surface area contributed by atoms with Crippen molar-refractivity contribution in [3.05, 3.63) is 83.2 Å². The number of aromatic amines is 1. The maximum absolute atomic E-state index is 14.0. The van der Waals surface area contributed by atoms with Crippen LogP contribution in [0.1, 0.15) is 89.8 Å². The molecule has 2 aliphatic carbocycles. The average Bonchev–Trinajstić information content (AvgIpc) is 3.43. The minimum Gasteiger partial charge on any atom is -0.457 e. The number of aromatic nitrogens is 1. The summed E-state index contributed by atoms with van der Waals surface area (Å²) in [5.41, 5.74) is 2.97. The zero-order valence-corrected chi connectivity index (χ0v) is 29.1. The molecule has 2 amide bonds. The van der Waals surface area contributed by atoms with Gasteiger partial charge in [0.25, 0.3) is 0 Å². The molecule has 0 aliphatic heterocycles. The molecule has 0 radical (unpaired) electrons. The van der Waals surface area contributed by atoms with Crippen molar-refractivity contribution in [1.82, 2.24) is 20.9 Å². The first-order valence-electron chi connectivity index (χ1n) is 17.4. The summed E-state index contributed by atoms with van der Waals surface area (Å²) in [5, 5.41) is 10.4. The van der Waals surface area contributed by atoms with Crippen LogP contribution in [0, 0.1) is 11.8 Å². The molecule has 0 spiro atoms. The van der Waals surface area contributed by atoms with Crippen LogP contribution in [0.3, 0.4) is 0 Å². The normalized spacial score (nSPS) is 20.8. The van der Waals surface area contributed by atoms with E-state index in [-0.39, 0.29) is 12.0 Å². The van der Waals surface area contributed by atoms with Gasteiger partial charge in [0.1, 0.15) is 17.2 Å². The predicted octanol–water partition coefficient (Wildman–Crippen LogP) is 6.86. The number of carbonyl (C=O) groups excluding carboxylic acids is 3. The van der Waals surface area contributed by atoms with Gasteiger partial charge in [0.15, 0.2) is 0 Å². The Bertz CT molecular complexity index is 1620. The number of nitrogens with one attached hydrogen (secondary N) is 4. The maximum atomic E-state index is 14.0. The molecular weight excluding hydrogens is 604 g/mol. The molecule has 3 aromatic rings. The Morgan fingerprint density at radius 3 is 2.46 bits per heavy atom. The number of benzene rings is 2. The van der Waals surface area contributed by atoms with E-state index in [1.54, 1.807) is 6.92 Å². The van der Waals surface area contributed by atoms with E-state index in [1.165, 1.54) is 18.9 Å². The summed E-state index contributed by atoms with van der Waals surface area (Å²) in [6.45, 7) is 10.0. The van der Waals surface area contributed by atoms with E-state index in [4.69, 9.17) is 9.47 Å². The number of esters is 1. The lowest BCUT2D eigenvalue weighted by atomic mass is 9.71. The minimum atomic E-state index is -1.24. The second-order valence-electron chi connectivity index (χ2n) is 14.8. The smallest absolute Gasteiger partial charge is 0.408 e. The molecule has 1 heterocycles. The van der Waals surface area contributed by atoms with Crippen molar-refractivity contribution >= 4 is 28.9 Å². The van der Waals surface area contributed by atoms with Crippen molar-refractivity contribution in [3.63, 3.8) is 0 Å². The van der Waals surface area contributed by atoms with E-state index in [2.05, 4.69) is 20.9 Å². The molecule has 4 atom stereocenters. The fourth-order valence-electron chi connectivity index (χ4n) is 7.23. The average molecular weight is 657 g/mol. The van der Waals surface area contributed by atoms with Gasteiger partial charge in [-0.1, -0.05) is 55.3 Å². The number of carbonyl (C=O) groups is 3. The fraction of sp³-hybridized carbons (Fsp3) is 0.513. The van der Waals surface area contributed by atoms with Crippen molar-refractivity contribution in [2.24, 2.45) is 11.8 Å². The molecule has 1 aromatic heterocycles. The third kappa shape index (κ3) is 9.42. The molecule has 2 saturated carbocycles. The van der Waals surface area contributed by atoms with Crippen molar-refractivity contribution in [1.29, 1.82) is 0 Å². The molecule has 2 bridgehead atoms. The molecular formula is C39H52N4O5. The van der Waals surface area contributed by atoms with Gasteiger partial charge in [-0.05, 0) is 101 Å². The lowest BCUT2D eigenvalue weighted by Crippen LogP contribution is -2.59. The Morgan fingerprint density at radius 2 is 1.67 bits per heavy atom. The number of para-hydroxylation sites is 1. The van der Waals surface area contributed by atoms with Gasteiger partial charge in [0.2, 0.25) is 5.91 Å². The highest BCUT2D eigenvalue weighted by Crippen LogP contribution is 2.41. The summed E-state index contributed by atoms with van der Waals surface area (Å²) in [4.78, 5) is 42.9. The number of H-pyrrole nitrogens is 1. The SMILES string of the molecule is CC(=CC(=O)OC(C)(C)C)NCc1ccccc1CCNC(=O)C(C)(Cc1c[nH]c2ccccc12)NC(=O)OC1CCC2CCCC1C2. The topological polar surface area (TPSA) is 122 Å². The molecule has 2 fully saturated rings. The molecule has 9 heteroatoms. The van der Waals surface area contributed by atoms with Crippen molar-refractivity contribution < 1.29 is 23.9 Å². The van der Waals surface area contributed by atoms with Gasteiger partial charge in [-0.3, -0.25) is 4.79 Å². The van der Waals surface area contributed by atoms with Crippen LogP contribution in [-0.4, -0.2) is 46.7 Å². The predicted molar refractivity (Wildman–Crippen MR) is 188 cm³/mol. The molecule has 9 nitrogen and oxygen atoms in total. The van der Waals surface area contributed by atoms with Crippen LogP contribution >= 0.6 is 0 Å². The number of allylic oxidation sites excluding steroid dienone is 1. The van der Waals surface area contributed by atoms with Gasteiger partial charge in [-0.2, -0.15) is 0 Å². The monoisotopic (exact) mass is 656 g/mol. The first-order valence-corrected chi connectivity index (χ1v) is 17.4. The number of alkyl carbamates (subject to hydrolysis) is 1. The second-order valence-corrected chi connectivity index (χ2v) is 14.8. The van der Waals surface area contributed by atoms with Gasteiger partial charge < -0.3 is 30.4 Å². The summed E-state index contributed by atoms with van der Waals surface area (Å²) in [6, 6.07) is 16.0. The highest BCUT2D eigenvalue weighted by molar-refractivity contribution is 5.91. The third-order valence-electron chi connectivity index (χ3n) is 9.66. The van der Waals surface area contributed by atoms with Crippen LogP contribution in [-0.2, 0) is 38.4 Å². The molecule has 4 unspecified atom stereocenters. The Balaban J connectivity index is 1.23. The van der Waals surface area contributed by atoms with Crippen molar-refractivity contribution in [3.8, 4) is 0 Å². The van der Waals surface area contributed by atoms with E-state index in [0.29, 0.717) is 37.5 Å². The van der Waals surface area contributed by atoms with E-state index in [9.17, 15) is 14.4 Å². The zero-order chi connectivity index (χ0) is 34.3. The van der Waals surface area contributed by atoms with Gasteiger partial charge in [-0.15, -0.1) is 0 Å². The first kappa shape index (κ1) is 35.0. The number of hydrogen-bond donors (Lipinski definition) is 4. The van der Waals surface area contributed by atoms with Gasteiger partial charge in [0.05, 0.1) is 0 Å². The van der Waals surface area contributed by atoms with Crippen LogP contribution in [0.2, 0.25) is 0 Å². The van der Waals surface area contributed by atoms with Gasteiger partial charge >= 0.3 is 12.1 Å². The zero-order valence-electron chi connectivity index (χ0n) is 29.1.